The fourth-order valence-corrected chi connectivity index (χ4v) is 2.52. The molecule has 2 aromatic rings. The maximum atomic E-state index is 11.5. The largest absolute Gasteiger partial charge is 0.396 e. The van der Waals surface area contributed by atoms with E-state index in [4.69, 9.17) is 11.6 Å². The quantitative estimate of drug-likeness (QED) is 0.764. The summed E-state index contributed by atoms with van der Waals surface area (Å²) in [6, 6.07) is 9.95. The third kappa shape index (κ3) is 3.67. The number of H-pyrrole nitrogens is 1. The Labute approximate surface area is 134 Å². The molecule has 1 aromatic carbocycles. The average Bonchev–Trinajstić information content (AvgIpc) is 2.52. The molecule has 0 aliphatic heterocycles. The van der Waals surface area contributed by atoms with Gasteiger partial charge in [-0.1, -0.05) is 55.8 Å². The molecular weight excluding hydrogens is 302 g/mol. The van der Waals surface area contributed by atoms with Gasteiger partial charge in [-0.3, -0.25) is 4.79 Å². The molecule has 1 aromatic heterocycles. The van der Waals surface area contributed by atoms with Crippen LogP contribution in [0, 0.1) is 5.41 Å². The Balaban J connectivity index is 2.24. The third-order valence-corrected chi connectivity index (χ3v) is 4.22. The second-order valence-corrected chi connectivity index (χ2v) is 6.30. The zero-order valence-corrected chi connectivity index (χ0v) is 13.4. The molecule has 1 unspecified atom stereocenters. The molecule has 0 radical (unpaired) electrons. The molecule has 0 spiro atoms. The number of hydrogen-bond acceptors (Lipinski definition) is 4. The Hall–Kier alpha value is -1.85. The standard InChI is InChI=1S/C16H20ClN3O2/c1-16(2,10-21)12(11-6-4-3-5-7-11)8-18-13-9-19-20-15(22)14(13)17/h3-7,9,12,21H,8,10H2,1-2H3,(H2,18,20,22). The van der Waals surface area contributed by atoms with Gasteiger partial charge in [-0.05, 0) is 11.0 Å². The molecular formula is C16H20ClN3O2. The maximum absolute atomic E-state index is 11.5. The lowest BCUT2D eigenvalue weighted by Gasteiger charge is -2.33. The molecule has 0 amide bonds. The summed E-state index contributed by atoms with van der Waals surface area (Å²) in [6.07, 6.45) is 1.48. The second-order valence-electron chi connectivity index (χ2n) is 5.92. The number of benzene rings is 1. The number of nitrogens with zero attached hydrogens (tertiary/aromatic N) is 1. The predicted molar refractivity (Wildman–Crippen MR) is 88.4 cm³/mol. The zero-order valence-electron chi connectivity index (χ0n) is 12.6. The van der Waals surface area contributed by atoms with Crippen LogP contribution in [0.4, 0.5) is 5.69 Å². The van der Waals surface area contributed by atoms with E-state index >= 15 is 0 Å². The molecule has 0 bridgehead atoms. The van der Waals surface area contributed by atoms with Gasteiger partial charge in [0, 0.05) is 19.1 Å². The van der Waals surface area contributed by atoms with E-state index in [0.29, 0.717) is 12.2 Å². The molecule has 0 aliphatic carbocycles. The van der Waals surface area contributed by atoms with E-state index in [0.717, 1.165) is 5.56 Å². The van der Waals surface area contributed by atoms with Crippen LogP contribution in [0.2, 0.25) is 5.02 Å². The zero-order chi connectivity index (χ0) is 16.2. The van der Waals surface area contributed by atoms with E-state index in [1.165, 1.54) is 6.20 Å². The highest BCUT2D eigenvalue weighted by molar-refractivity contribution is 6.32. The minimum atomic E-state index is -0.427. The van der Waals surface area contributed by atoms with Crippen molar-refractivity contribution in [3.63, 3.8) is 0 Å². The monoisotopic (exact) mass is 321 g/mol. The van der Waals surface area contributed by atoms with Gasteiger partial charge in [-0.15, -0.1) is 0 Å². The topological polar surface area (TPSA) is 78.0 Å². The fourth-order valence-electron chi connectivity index (χ4n) is 2.36. The van der Waals surface area contributed by atoms with Gasteiger partial charge >= 0.3 is 0 Å². The van der Waals surface area contributed by atoms with Crippen LogP contribution >= 0.6 is 11.6 Å². The summed E-state index contributed by atoms with van der Waals surface area (Å²) in [7, 11) is 0. The summed E-state index contributed by atoms with van der Waals surface area (Å²) in [5.41, 5.74) is 0.850. The van der Waals surface area contributed by atoms with Gasteiger partial charge < -0.3 is 10.4 Å². The third-order valence-electron chi connectivity index (χ3n) is 3.84. The first kappa shape index (κ1) is 16.5. The normalized spacial score (nSPS) is 12.9. The van der Waals surface area contributed by atoms with Gasteiger partial charge in [0.25, 0.3) is 5.56 Å². The van der Waals surface area contributed by atoms with Crippen molar-refractivity contribution < 1.29 is 5.11 Å². The number of anilines is 1. The van der Waals surface area contributed by atoms with E-state index in [9.17, 15) is 9.90 Å². The van der Waals surface area contributed by atoms with Crippen molar-refractivity contribution >= 4 is 17.3 Å². The molecule has 6 heteroatoms. The molecule has 118 valence electrons. The highest BCUT2D eigenvalue weighted by Gasteiger charge is 2.30. The highest BCUT2D eigenvalue weighted by Crippen LogP contribution is 2.35. The van der Waals surface area contributed by atoms with Crippen molar-refractivity contribution in [3.05, 3.63) is 57.5 Å². The number of aromatic amines is 1. The second kappa shape index (κ2) is 6.94. The Bertz CT molecular complexity index is 671. The molecule has 3 N–H and O–H groups in total. The van der Waals surface area contributed by atoms with Crippen molar-refractivity contribution in [3.8, 4) is 0 Å². The van der Waals surface area contributed by atoms with Crippen LogP contribution in [-0.2, 0) is 0 Å². The van der Waals surface area contributed by atoms with E-state index in [1.54, 1.807) is 0 Å². The highest BCUT2D eigenvalue weighted by atomic mass is 35.5. The summed E-state index contributed by atoms with van der Waals surface area (Å²) >= 11 is 5.98. The molecule has 5 nitrogen and oxygen atoms in total. The van der Waals surface area contributed by atoms with Crippen LogP contribution in [0.5, 0.6) is 0 Å². The summed E-state index contributed by atoms with van der Waals surface area (Å²) in [6.45, 7) is 4.59. The Morgan fingerprint density at radius 3 is 2.68 bits per heavy atom. The van der Waals surface area contributed by atoms with Crippen molar-refractivity contribution in [1.29, 1.82) is 0 Å². The summed E-state index contributed by atoms with van der Waals surface area (Å²) < 4.78 is 0. The molecule has 1 atom stereocenters. The number of aromatic nitrogens is 2. The van der Waals surface area contributed by atoms with Gasteiger partial charge in [0.1, 0.15) is 5.02 Å². The van der Waals surface area contributed by atoms with E-state index in [-0.39, 0.29) is 23.0 Å². The molecule has 0 saturated heterocycles. The number of nitrogens with one attached hydrogen (secondary N) is 2. The van der Waals surface area contributed by atoms with E-state index in [1.807, 2.05) is 44.2 Å². The first-order valence-corrected chi connectivity index (χ1v) is 7.46. The van der Waals surface area contributed by atoms with Gasteiger partial charge in [0.05, 0.1) is 11.9 Å². The van der Waals surface area contributed by atoms with E-state index < -0.39 is 5.56 Å². The summed E-state index contributed by atoms with van der Waals surface area (Å²) in [5, 5.41) is 19.0. The summed E-state index contributed by atoms with van der Waals surface area (Å²) in [5.74, 6) is 0.0501. The van der Waals surface area contributed by atoms with Crippen LogP contribution in [0.3, 0.4) is 0 Å². The number of halogens is 1. The number of rotatable bonds is 6. The molecule has 0 aliphatic rings. The first-order chi connectivity index (χ1) is 10.5. The molecule has 22 heavy (non-hydrogen) atoms. The SMILES string of the molecule is CC(C)(CO)C(CNc1cn[nH]c(=O)c1Cl)c1ccccc1. The lowest BCUT2D eigenvalue weighted by atomic mass is 9.75. The van der Waals surface area contributed by atoms with Crippen LogP contribution in [0.15, 0.2) is 41.3 Å². The fraction of sp³-hybridized carbons (Fsp3) is 0.375. The molecule has 1 heterocycles. The van der Waals surface area contributed by atoms with Crippen LogP contribution < -0.4 is 10.9 Å². The number of aliphatic hydroxyl groups excluding tert-OH is 1. The van der Waals surface area contributed by atoms with Gasteiger partial charge in [-0.2, -0.15) is 5.10 Å². The molecule has 0 saturated carbocycles. The Morgan fingerprint density at radius 2 is 2.05 bits per heavy atom. The van der Waals surface area contributed by atoms with Crippen molar-refractivity contribution in [2.75, 3.05) is 18.5 Å². The van der Waals surface area contributed by atoms with Gasteiger partial charge in [-0.25, -0.2) is 5.10 Å². The van der Waals surface area contributed by atoms with Crippen molar-refractivity contribution in [2.24, 2.45) is 5.41 Å². The Morgan fingerprint density at radius 1 is 1.36 bits per heavy atom. The lowest BCUT2D eigenvalue weighted by molar-refractivity contribution is 0.134. The Kier molecular flexibility index (Phi) is 5.21. The van der Waals surface area contributed by atoms with Crippen LogP contribution in [-0.4, -0.2) is 28.5 Å². The lowest BCUT2D eigenvalue weighted by Crippen LogP contribution is -2.31. The summed E-state index contributed by atoms with van der Waals surface area (Å²) in [4.78, 5) is 11.5. The number of aliphatic hydroxyl groups is 1. The van der Waals surface area contributed by atoms with Gasteiger partial charge in [0.15, 0.2) is 0 Å². The van der Waals surface area contributed by atoms with Gasteiger partial charge in [0.2, 0.25) is 0 Å². The van der Waals surface area contributed by atoms with Crippen molar-refractivity contribution in [1.82, 2.24) is 10.2 Å². The smallest absolute Gasteiger partial charge is 0.285 e. The van der Waals surface area contributed by atoms with Crippen LogP contribution in [0.25, 0.3) is 0 Å². The van der Waals surface area contributed by atoms with E-state index in [2.05, 4.69) is 15.5 Å². The first-order valence-electron chi connectivity index (χ1n) is 7.08. The van der Waals surface area contributed by atoms with Crippen LogP contribution in [0.1, 0.15) is 25.3 Å². The maximum Gasteiger partial charge on any atom is 0.285 e. The minimum Gasteiger partial charge on any atom is -0.396 e. The minimum absolute atomic E-state index is 0.0501. The average molecular weight is 322 g/mol. The van der Waals surface area contributed by atoms with Crippen molar-refractivity contribution in [2.45, 2.75) is 19.8 Å². The predicted octanol–water partition coefficient (Wildman–Crippen LogP) is 2.64. The molecule has 0 fully saturated rings. The number of hydrogen-bond donors (Lipinski definition) is 3. The molecule has 2 rings (SSSR count).